The summed E-state index contributed by atoms with van der Waals surface area (Å²) in [6.07, 6.45) is 1.43. The Bertz CT molecular complexity index is 400. The molecule has 6 heteroatoms. The molecule has 0 saturated heterocycles. The fourth-order valence-electron chi connectivity index (χ4n) is 0.752. The summed E-state index contributed by atoms with van der Waals surface area (Å²) in [6.45, 7) is -0.511. The molecular weight excluding hydrogens is 252 g/mol. The second kappa shape index (κ2) is 4.58. The number of pyridine rings is 1. The van der Waals surface area contributed by atoms with E-state index in [1.54, 1.807) is 0 Å². The predicted octanol–water partition coefficient (Wildman–Crippen LogP) is 1.18. The van der Waals surface area contributed by atoms with Gasteiger partial charge in [0.1, 0.15) is 11.6 Å². The largest absolute Gasteiger partial charge is 0.479 e. The molecule has 1 heterocycles. The van der Waals surface area contributed by atoms with Crippen LogP contribution >= 0.6 is 15.9 Å². The zero-order valence-corrected chi connectivity index (χ0v) is 8.48. The van der Waals surface area contributed by atoms with Gasteiger partial charge in [-0.05, 0) is 22.0 Å². The van der Waals surface area contributed by atoms with Crippen LogP contribution < -0.4 is 4.74 Å². The molecule has 0 unspecified atom stereocenters. The molecule has 0 fully saturated rings. The van der Waals surface area contributed by atoms with Crippen molar-refractivity contribution in [3.05, 3.63) is 22.3 Å². The van der Waals surface area contributed by atoms with Crippen molar-refractivity contribution in [2.24, 2.45) is 0 Å². The number of aliphatic carboxylic acids is 1. The zero-order valence-electron chi connectivity index (χ0n) is 6.90. The first kappa shape index (κ1) is 10.5. The van der Waals surface area contributed by atoms with Crippen molar-refractivity contribution in [2.45, 2.75) is 0 Å². The maximum atomic E-state index is 10.2. The van der Waals surface area contributed by atoms with Gasteiger partial charge < -0.3 is 9.84 Å². The van der Waals surface area contributed by atoms with E-state index in [2.05, 4.69) is 20.9 Å². The lowest BCUT2D eigenvalue weighted by atomic mass is 10.3. The summed E-state index contributed by atoms with van der Waals surface area (Å²) in [6, 6.07) is 3.35. The van der Waals surface area contributed by atoms with Crippen LogP contribution in [0.1, 0.15) is 5.56 Å². The Kier molecular flexibility index (Phi) is 3.42. The molecule has 1 rings (SSSR count). The highest BCUT2D eigenvalue weighted by Gasteiger charge is 2.07. The summed E-state index contributed by atoms with van der Waals surface area (Å²) in [5, 5.41) is 17.0. The number of aromatic nitrogens is 1. The van der Waals surface area contributed by atoms with Gasteiger partial charge in [0.2, 0.25) is 5.88 Å². The van der Waals surface area contributed by atoms with Crippen molar-refractivity contribution < 1.29 is 14.6 Å². The number of hydrogen-bond acceptors (Lipinski definition) is 4. The second-order valence-corrected chi connectivity index (χ2v) is 3.22. The summed E-state index contributed by atoms with van der Waals surface area (Å²) in [7, 11) is 0. The fraction of sp³-hybridized carbons (Fsp3) is 0.125. The first-order chi connectivity index (χ1) is 6.63. The molecule has 72 valence electrons. The van der Waals surface area contributed by atoms with E-state index >= 15 is 0 Å². The second-order valence-electron chi connectivity index (χ2n) is 2.30. The Balaban J connectivity index is 2.87. The van der Waals surface area contributed by atoms with Gasteiger partial charge in [-0.1, -0.05) is 0 Å². The number of carboxylic acids is 1. The lowest BCUT2D eigenvalue weighted by molar-refractivity contribution is -0.139. The molecule has 0 amide bonds. The molecule has 1 aromatic rings. The summed E-state index contributed by atoms with van der Waals surface area (Å²) < 4.78 is 5.43. The lowest BCUT2D eigenvalue weighted by Crippen LogP contribution is -2.11. The number of carboxylic acid groups (broad SMARTS) is 1. The standard InChI is InChI=1S/C8H5BrN2O3/c9-6-1-5(2-10)8(11-3-6)14-4-7(12)13/h1,3H,4H2,(H,12,13). The highest BCUT2D eigenvalue weighted by Crippen LogP contribution is 2.18. The van der Waals surface area contributed by atoms with Crippen molar-refractivity contribution in [1.82, 2.24) is 4.98 Å². The maximum Gasteiger partial charge on any atom is 0.341 e. The smallest absolute Gasteiger partial charge is 0.341 e. The minimum Gasteiger partial charge on any atom is -0.479 e. The third-order valence-corrected chi connectivity index (χ3v) is 1.70. The molecule has 0 bridgehead atoms. The minimum atomic E-state index is -1.11. The topological polar surface area (TPSA) is 83.2 Å². The van der Waals surface area contributed by atoms with Crippen molar-refractivity contribution in [1.29, 1.82) is 5.26 Å². The normalized spacial score (nSPS) is 9.14. The van der Waals surface area contributed by atoms with E-state index in [-0.39, 0.29) is 11.4 Å². The van der Waals surface area contributed by atoms with E-state index in [1.807, 2.05) is 6.07 Å². The molecule has 0 saturated carbocycles. The van der Waals surface area contributed by atoms with E-state index in [0.717, 1.165) is 0 Å². The Morgan fingerprint density at radius 3 is 3.07 bits per heavy atom. The number of halogens is 1. The molecule has 0 aromatic carbocycles. The van der Waals surface area contributed by atoms with E-state index < -0.39 is 12.6 Å². The monoisotopic (exact) mass is 256 g/mol. The first-order valence-corrected chi connectivity index (χ1v) is 4.33. The molecule has 0 spiro atoms. The number of rotatable bonds is 3. The Labute approximate surface area is 88.1 Å². The number of carbonyl (C=O) groups is 1. The van der Waals surface area contributed by atoms with Gasteiger partial charge in [0.15, 0.2) is 6.61 Å². The number of hydrogen-bond donors (Lipinski definition) is 1. The van der Waals surface area contributed by atoms with Crippen LogP contribution in [0.25, 0.3) is 0 Å². The van der Waals surface area contributed by atoms with Crippen LogP contribution in [-0.4, -0.2) is 22.7 Å². The predicted molar refractivity (Wildman–Crippen MR) is 49.8 cm³/mol. The van der Waals surface area contributed by atoms with Crippen LogP contribution in [-0.2, 0) is 4.79 Å². The summed E-state index contributed by atoms with van der Waals surface area (Å²) in [4.78, 5) is 14.0. The third-order valence-electron chi connectivity index (χ3n) is 1.27. The summed E-state index contributed by atoms with van der Waals surface area (Å²) in [5.41, 5.74) is 0.195. The van der Waals surface area contributed by atoms with Gasteiger partial charge in [-0.15, -0.1) is 0 Å². The minimum absolute atomic E-state index is 0.0260. The highest BCUT2D eigenvalue weighted by molar-refractivity contribution is 9.10. The molecule has 0 aliphatic rings. The van der Waals surface area contributed by atoms with E-state index in [9.17, 15) is 4.79 Å². The number of nitrogens with zero attached hydrogens (tertiary/aromatic N) is 2. The molecule has 1 aromatic heterocycles. The average molecular weight is 257 g/mol. The lowest BCUT2D eigenvalue weighted by Gasteiger charge is -2.03. The van der Waals surface area contributed by atoms with Gasteiger partial charge in [0.25, 0.3) is 0 Å². The van der Waals surface area contributed by atoms with E-state index in [0.29, 0.717) is 4.47 Å². The van der Waals surface area contributed by atoms with Crippen molar-refractivity contribution >= 4 is 21.9 Å². The Morgan fingerprint density at radius 2 is 2.50 bits per heavy atom. The van der Waals surface area contributed by atoms with Crippen molar-refractivity contribution in [2.75, 3.05) is 6.61 Å². The van der Waals surface area contributed by atoms with E-state index in [4.69, 9.17) is 15.1 Å². The molecule has 5 nitrogen and oxygen atoms in total. The highest BCUT2D eigenvalue weighted by atomic mass is 79.9. The molecule has 1 N–H and O–H groups in total. The van der Waals surface area contributed by atoms with Crippen LogP contribution in [0.3, 0.4) is 0 Å². The fourth-order valence-corrected chi connectivity index (χ4v) is 1.08. The first-order valence-electron chi connectivity index (χ1n) is 3.53. The van der Waals surface area contributed by atoms with Crippen LogP contribution in [0, 0.1) is 11.3 Å². The van der Waals surface area contributed by atoms with Crippen LogP contribution in [0.2, 0.25) is 0 Å². The van der Waals surface area contributed by atoms with Crippen LogP contribution in [0.15, 0.2) is 16.7 Å². The van der Waals surface area contributed by atoms with Gasteiger partial charge >= 0.3 is 5.97 Å². The average Bonchev–Trinajstić information content (AvgIpc) is 2.15. The van der Waals surface area contributed by atoms with Gasteiger partial charge in [-0.2, -0.15) is 5.26 Å². The quantitative estimate of drug-likeness (QED) is 0.878. The zero-order chi connectivity index (χ0) is 10.6. The van der Waals surface area contributed by atoms with Gasteiger partial charge in [0, 0.05) is 10.7 Å². The van der Waals surface area contributed by atoms with Crippen LogP contribution in [0.5, 0.6) is 5.88 Å². The van der Waals surface area contributed by atoms with Gasteiger partial charge in [0.05, 0.1) is 0 Å². The third kappa shape index (κ3) is 2.71. The van der Waals surface area contributed by atoms with Crippen molar-refractivity contribution in [3.8, 4) is 11.9 Å². The summed E-state index contributed by atoms with van der Waals surface area (Å²) >= 11 is 3.13. The molecule has 14 heavy (non-hydrogen) atoms. The van der Waals surface area contributed by atoms with E-state index in [1.165, 1.54) is 12.3 Å². The molecule has 0 aliphatic carbocycles. The molecule has 0 atom stereocenters. The molecule has 0 radical (unpaired) electrons. The summed E-state index contributed by atoms with van der Waals surface area (Å²) in [5.74, 6) is -1.09. The number of ether oxygens (including phenoxy) is 1. The van der Waals surface area contributed by atoms with Gasteiger partial charge in [-0.25, -0.2) is 9.78 Å². The maximum absolute atomic E-state index is 10.2. The van der Waals surface area contributed by atoms with Gasteiger partial charge in [-0.3, -0.25) is 0 Å². The Hall–Kier alpha value is -1.61. The molecule has 0 aliphatic heterocycles. The Morgan fingerprint density at radius 1 is 1.79 bits per heavy atom. The molecular formula is C8H5BrN2O3. The number of nitriles is 1. The van der Waals surface area contributed by atoms with Crippen LogP contribution in [0.4, 0.5) is 0 Å². The SMILES string of the molecule is N#Cc1cc(Br)cnc1OCC(=O)O. The van der Waals surface area contributed by atoms with Crippen molar-refractivity contribution in [3.63, 3.8) is 0 Å².